The fraction of sp³-hybridized carbons (Fsp3) is 0.923. The summed E-state index contributed by atoms with van der Waals surface area (Å²) in [4.78, 5) is 15.0. The topological polar surface area (TPSA) is 110 Å². The van der Waals surface area contributed by atoms with Gasteiger partial charge in [0, 0.05) is 42.6 Å². The maximum Gasteiger partial charge on any atom is 0.309 e. The summed E-state index contributed by atoms with van der Waals surface area (Å²) in [6, 6.07) is 0.302. The second-order valence-electron chi connectivity index (χ2n) is 11.1. The number of rotatable bonds is 4. The van der Waals surface area contributed by atoms with Gasteiger partial charge in [-0.15, -0.1) is 0 Å². The molecule has 0 aliphatic carbocycles. The molecular weight excluding hydrogens is 484 g/mol. The van der Waals surface area contributed by atoms with Gasteiger partial charge in [-0.25, -0.2) is 0 Å². The molecule has 2 rings (SSSR count). The highest BCUT2D eigenvalue weighted by Crippen LogP contribution is 2.31. The molecule has 11 atom stereocenters. The Kier molecular flexibility index (Phi) is 12.4. The average Bonchev–Trinajstić information content (AvgIpc) is 2.81. The van der Waals surface area contributed by atoms with Gasteiger partial charge in [0.15, 0.2) is 6.29 Å². The third kappa shape index (κ3) is 8.30. The van der Waals surface area contributed by atoms with Crippen LogP contribution in [0.3, 0.4) is 0 Å². The molecule has 0 aromatic carbocycles. The lowest BCUT2D eigenvalue weighted by Gasteiger charge is -2.40. The molecule has 210 valence electrons. The zero-order valence-corrected chi connectivity index (χ0v) is 24.1. The fourth-order valence-corrected chi connectivity index (χ4v) is 5.82. The minimum atomic E-state index is -0.887. The highest BCUT2D eigenvalue weighted by molar-refractivity contribution is 7.81. The Hall–Kier alpha value is -0.910. The summed E-state index contributed by atoms with van der Waals surface area (Å²) in [5.41, 5.74) is 0.529. The summed E-state index contributed by atoms with van der Waals surface area (Å²) >= 11 is 4.71. The number of methoxy groups -OCH3 is 1. The molecule has 9 nitrogen and oxygen atoms in total. The van der Waals surface area contributed by atoms with Gasteiger partial charge in [-0.2, -0.15) is 12.6 Å². The lowest BCUT2D eigenvalue weighted by molar-refractivity contribution is -0.237. The molecule has 0 aromatic rings. The van der Waals surface area contributed by atoms with Crippen LogP contribution >= 0.6 is 12.6 Å². The quantitative estimate of drug-likeness (QED) is 0.219. The fourth-order valence-electron chi connectivity index (χ4n) is 5.49. The number of carbonyl (C=O) groups is 1. The van der Waals surface area contributed by atoms with Crippen LogP contribution in [0.1, 0.15) is 60.3 Å². The average molecular weight is 533 g/mol. The Bertz CT molecular complexity index is 724. The van der Waals surface area contributed by atoms with Crippen molar-refractivity contribution in [2.45, 2.75) is 102 Å². The summed E-state index contributed by atoms with van der Waals surface area (Å²) in [6.45, 7) is 9.79. The molecule has 2 saturated heterocycles. The van der Waals surface area contributed by atoms with Crippen LogP contribution in [0.15, 0.2) is 5.16 Å². The number of esters is 1. The highest BCUT2D eigenvalue weighted by Gasteiger charge is 2.38. The van der Waals surface area contributed by atoms with Gasteiger partial charge in [-0.05, 0) is 40.3 Å². The van der Waals surface area contributed by atoms with E-state index in [1.807, 2.05) is 41.8 Å². The molecule has 0 bridgehead atoms. The van der Waals surface area contributed by atoms with Gasteiger partial charge in [0.1, 0.15) is 0 Å². The first-order valence-corrected chi connectivity index (χ1v) is 13.7. The van der Waals surface area contributed by atoms with E-state index >= 15 is 0 Å². The van der Waals surface area contributed by atoms with E-state index < -0.39 is 24.4 Å². The summed E-state index contributed by atoms with van der Waals surface area (Å²) < 4.78 is 23.8. The first-order valence-electron chi connectivity index (χ1n) is 13.1. The maximum atomic E-state index is 12.8. The molecule has 2 heterocycles. The zero-order valence-electron chi connectivity index (χ0n) is 23.2. The van der Waals surface area contributed by atoms with Crippen LogP contribution in [0.4, 0.5) is 0 Å². The molecule has 2 fully saturated rings. The van der Waals surface area contributed by atoms with E-state index in [2.05, 4.69) is 10.1 Å². The molecule has 36 heavy (non-hydrogen) atoms. The minimum absolute atomic E-state index is 0.0216. The van der Waals surface area contributed by atoms with Crippen molar-refractivity contribution in [3.05, 3.63) is 0 Å². The molecule has 9 unspecified atom stereocenters. The number of hydrogen-bond acceptors (Lipinski definition) is 10. The van der Waals surface area contributed by atoms with Crippen molar-refractivity contribution < 1.29 is 34.1 Å². The smallest absolute Gasteiger partial charge is 0.309 e. The molecule has 2 aliphatic rings. The Morgan fingerprint density at radius 1 is 1.06 bits per heavy atom. The van der Waals surface area contributed by atoms with Crippen LogP contribution in [-0.2, 0) is 23.7 Å². The number of aliphatic hydroxyl groups excluding tert-OH is 1. The number of cyclic esters (lactones) is 1. The number of carbonyl (C=O) groups excluding carboxylic acids is 1. The third-order valence-corrected chi connectivity index (χ3v) is 8.52. The van der Waals surface area contributed by atoms with Gasteiger partial charge in [0.25, 0.3) is 0 Å². The predicted molar refractivity (Wildman–Crippen MR) is 142 cm³/mol. The number of hydrogen-bond donors (Lipinski definition) is 3. The van der Waals surface area contributed by atoms with E-state index in [-0.39, 0.29) is 47.8 Å². The van der Waals surface area contributed by atoms with Crippen LogP contribution < -0.4 is 0 Å². The van der Waals surface area contributed by atoms with Crippen molar-refractivity contribution in [3.63, 3.8) is 0 Å². The summed E-state index contributed by atoms with van der Waals surface area (Å²) in [5, 5.41) is 24.4. The van der Waals surface area contributed by atoms with E-state index in [9.17, 15) is 15.1 Å². The van der Waals surface area contributed by atoms with Crippen LogP contribution in [-0.4, -0.2) is 96.7 Å². The Morgan fingerprint density at radius 2 is 1.72 bits per heavy atom. The van der Waals surface area contributed by atoms with Crippen molar-refractivity contribution in [2.24, 2.45) is 28.8 Å². The molecule has 0 radical (unpaired) electrons. The largest absolute Gasteiger partial charge is 0.465 e. The van der Waals surface area contributed by atoms with E-state index in [4.69, 9.17) is 31.6 Å². The Labute approximate surface area is 222 Å². The van der Waals surface area contributed by atoms with Crippen molar-refractivity contribution in [2.75, 3.05) is 27.8 Å². The van der Waals surface area contributed by atoms with Crippen LogP contribution in [0, 0.1) is 23.7 Å². The van der Waals surface area contributed by atoms with E-state index in [0.29, 0.717) is 31.0 Å². The van der Waals surface area contributed by atoms with Crippen LogP contribution in [0.25, 0.3) is 0 Å². The van der Waals surface area contributed by atoms with Gasteiger partial charge in [0.05, 0.1) is 42.7 Å². The van der Waals surface area contributed by atoms with Gasteiger partial charge >= 0.3 is 5.97 Å². The second-order valence-corrected chi connectivity index (χ2v) is 11.7. The molecular formula is C26H48N2O7S. The van der Waals surface area contributed by atoms with Gasteiger partial charge in [0.2, 0.25) is 0 Å². The Balaban J connectivity index is 2.32. The van der Waals surface area contributed by atoms with E-state index in [1.165, 1.54) is 0 Å². The molecule has 0 amide bonds. The van der Waals surface area contributed by atoms with Gasteiger partial charge in [-0.1, -0.05) is 32.9 Å². The lowest BCUT2D eigenvalue weighted by Crippen LogP contribution is -2.47. The summed E-state index contributed by atoms with van der Waals surface area (Å²) in [6.07, 6.45) is -0.0688. The maximum absolute atomic E-state index is 12.8. The number of aliphatic hydroxyl groups is 1. The van der Waals surface area contributed by atoms with Crippen molar-refractivity contribution in [1.82, 2.24) is 4.90 Å². The van der Waals surface area contributed by atoms with E-state index in [1.54, 1.807) is 14.0 Å². The normalized spacial score (nSPS) is 43.2. The third-order valence-electron chi connectivity index (χ3n) is 7.86. The molecule has 2 N–H and O–H groups in total. The lowest BCUT2D eigenvalue weighted by atomic mass is 9.82. The first-order chi connectivity index (χ1) is 16.9. The summed E-state index contributed by atoms with van der Waals surface area (Å²) in [5.74, 6) is -1.46. The first kappa shape index (κ1) is 31.3. The van der Waals surface area contributed by atoms with E-state index in [0.717, 1.165) is 6.42 Å². The highest BCUT2D eigenvalue weighted by atomic mass is 32.1. The van der Waals surface area contributed by atoms with Crippen LogP contribution in [0.2, 0.25) is 0 Å². The predicted octanol–water partition coefficient (Wildman–Crippen LogP) is 3.21. The standard InChI is InChI=1S/C26H48N2O7S/c1-14-9-20(29)21(35-23-11-19(28(6)7)10-16(3)34-23)12-22(36)17(4)26(30)33-13-15(2)25(32-8)18(5)24(14)27-31/h14-23,25,29,31,36H,9-13H2,1-8H3/b27-24+/t14-,15?,16?,17?,18?,19?,20?,21-,22?,23?,25?/m1/s1. The molecule has 10 heteroatoms. The zero-order chi connectivity index (χ0) is 27.2. The molecule has 0 spiro atoms. The Morgan fingerprint density at radius 3 is 2.31 bits per heavy atom. The SMILES string of the molecule is COC1C(C)COC(=O)C(C)C(S)C[C@@H](OC2CC(N(C)C)CC(C)O2)C(O)C[C@@H](C)/C(=N\O)C1C. The molecule has 2 aliphatic heterocycles. The van der Waals surface area contributed by atoms with Crippen molar-refractivity contribution >= 4 is 24.3 Å². The minimum Gasteiger partial charge on any atom is -0.465 e. The summed E-state index contributed by atoms with van der Waals surface area (Å²) in [7, 11) is 5.68. The van der Waals surface area contributed by atoms with Crippen molar-refractivity contribution in [3.8, 4) is 0 Å². The number of ether oxygens (including phenoxy) is 4. The number of thiol groups is 1. The monoisotopic (exact) mass is 532 g/mol. The number of nitrogens with zero attached hydrogens (tertiary/aromatic N) is 2. The van der Waals surface area contributed by atoms with Crippen LogP contribution in [0.5, 0.6) is 0 Å². The number of oxime groups is 1. The molecule has 0 aromatic heterocycles. The second kappa shape index (κ2) is 14.3. The van der Waals surface area contributed by atoms with Gasteiger partial charge in [-0.3, -0.25) is 4.79 Å². The molecule has 0 saturated carbocycles. The van der Waals surface area contributed by atoms with Gasteiger partial charge < -0.3 is 34.2 Å². The van der Waals surface area contributed by atoms with Crippen molar-refractivity contribution in [1.29, 1.82) is 0 Å².